The van der Waals surface area contributed by atoms with Gasteiger partial charge in [-0.1, -0.05) is 35.5 Å². The zero-order chi connectivity index (χ0) is 21.8. The van der Waals surface area contributed by atoms with Crippen molar-refractivity contribution in [3.05, 3.63) is 69.8 Å². The lowest BCUT2D eigenvalue weighted by Gasteiger charge is -2.10. The normalized spacial score (nSPS) is 11.0. The summed E-state index contributed by atoms with van der Waals surface area (Å²) in [4.78, 5) is 4.68. The molecule has 0 fully saturated rings. The van der Waals surface area contributed by atoms with Crippen LogP contribution in [0, 0.1) is 5.82 Å². The lowest BCUT2D eigenvalue weighted by molar-refractivity contribution is 0.356. The summed E-state index contributed by atoms with van der Waals surface area (Å²) in [6, 6.07) is 10.2. The summed E-state index contributed by atoms with van der Waals surface area (Å²) < 4.78 is 30.4. The van der Waals surface area contributed by atoms with Crippen LogP contribution in [0.5, 0.6) is 11.5 Å². The Bertz CT molecular complexity index is 1180. The van der Waals surface area contributed by atoms with Crippen LogP contribution in [-0.4, -0.2) is 29.4 Å². The molecule has 0 bridgehead atoms. The summed E-state index contributed by atoms with van der Waals surface area (Å²) in [5, 5.41) is 11.5. The van der Waals surface area contributed by atoms with E-state index in [4.69, 9.17) is 25.5 Å². The van der Waals surface area contributed by atoms with Gasteiger partial charge in [0.15, 0.2) is 11.5 Å². The van der Waals surface area contributed by atoms with Gasteiger partial charge in [0, 0.05) is 21.7 Å². The van der Waals surface area contributed by atoms with Crippen molar-refractivity contribution in [2.24, 2.45) is 0 Å². The van der Waals surface area contributed by atoms with E-state index in [1.165, 1.54) is 29.2 Å². The van der Waals surface area contributed by atoms with Crippen LogP contribution in [0.25, 0.3) is 10.6 Å². The maximum absolute atomic E-state index is 14.0. The average molecular weight is 478 g/mol. The van der Waals surface area contributed by atoms with E-state index in [0.717, 1.165) is 16.3 Å². The van der Waals surface area contributed by atoms with Crippen LogP contribution in [-0.2, 0) is 12.2 Å². The van der Waals surface area contributed by atoms with Crippen LogP contribution in [0.4, 0.5) is 4.39 Å². The van der Waals surface area contributed by atoms with Crippen molar-refractivity contribution in [1.82, 2.24) is 15.2 Å². The van der Waals surface area contributed by atoms with Gasteiger partial charge in [0.1, 0.15) is 10.8 Å². The molecule has 0 saturated heterocycles. The highest BCUT2D eigenvalue weighted by atomic mass is 35.5. The molecule has 2 aromatic carbocycles. The molecule has 0 atom stereocenters. The van der Waals surface area contributed by atoms with Crippen LogP contribution in [0.15, 0.2) is 51.4 Å². The van der Waals surface area contributed by atoms with Crippen molar-refractivity contribution in [1.29, 1.82) is 0 Å². The van der Waals surface area contributed by atoms with Crippen molar-refractivity contribution in [2.45, 2.75) is 17.4 Å². The number of thiazole rings is 1. The zero-order valence-electron chi connectivity index (χ0n) is 16.6. The number of ether oxygens (including phenoxy) is 2. The van der Waals surface area contributed by atoms with Gasteiger partial charge >= 0.3 is 0 Å². The highest BCUT2D eigenvalue weighted by molar-refractivity contribution is 7.98. The lowest BCUT2D eigenvalue weighted by Crippen LogP contribution is -1.94. The van der Waals surface area contributed by atoms with Gasteiger partial charge in [-0.25, -0.2) is 9.37 Å². The van der Waals surface area contributed by atoms with E-state index in [-0.39, 0.29) is 6.42 Å². The average Bonchev–Trinajstić information content (AvgIpc) is 3.43. The number of aromatic nitrogens is 3. The number of halogens is 2. The van der Waals surface area contributed by atoms with Crippen molar-refractivity contribution in [3.8, 4) is 22.1 Å². The van der Waals surface area contributed by atoms with Gasteiger partial charge in [0.25, 0.3) is 5.22 Å². The van der Waals surface area contributed by atoms with E-state index >= 15 is 0 Å². The summed E-state index contributed by atoms with van der Waals surface area (Å²) in [6.45, 7) is 0. The first-order valence-corrected chi connectivity index (χ1v) is 11.4. The molecule has 0 unspecified atom stereocenters. The minimum atomic E-state index is -0.400. The lowest BCUT2D eigenvalue weighted by atomic mass is 10.1. The molecule has 0 saturated carbocycles. The molecular formula is C21H17ClFN3O3S2. The van der Waals surface area contributed by atoms with E-state index in [9.17, 15) is 4.39 Å². The summed E-state index contributed by atoms with van der Waals surface area (Å²) in [6.07, 6.45) is 0.134. The van der Waals surface area contributed by atoms with Crippen LogP contribution in [0.3, 0.4) is 0 Å². The van der Waals surface area contributed by atoms with Crippen LogP contribution in [0.2, 0.25) is 5.02 Å². The maximum atomic E-state index is 14.0. The molecule has 0 aliphatic heterocycles. The predicted octanol–water partition coefficient (Wildman–Crippen LogP) is 5.89. The monoisotopic (exact) mass is 477 g/mol. The fourth-order valence-electron chi connectivity index (χ4n) is 2.91. The molecule has 0 amide bonds. The van der Waals surface area contributed by atoms with Crippen LogP contribution < -0.4 is 9.47 Å². The maximum Gasteiger partial charge on any atom is 0.276 e. The van der Waals surface area contributed by atoms with E-state index < -0.39 is 5.82 Å². The fraction of sp³-hybridized carbons (Fsp3) is 0.190. The number of methoxy groups -OCH3 is 2. The number of para-hydroxylation sites is 1. The predicted molar refractivity (Wildman–Crippen MR) is 119 cm³/mol. The Hall–Kier alpha value is -2.62. The Labute approximate surface area is 191 Å². The second-order valence-corrected chi connectivity index (χ2v) is 8.50. The molecule has 6 nitrogen and oxygen atoms in total. The highest BCUT2D eigenvalue weighted by Gasteiger charge is 2.16. The standard InChI is InChI=1S/C21H17ClFN3O3S2/c1-27-17-8-3-5-13(19(17)28-2)20-24-12(10-30-20)11-31-21-26-25-18(29-21)9-14-15(22)6-4-7-16(14)23/h3-8,10H,9,11H2,1-2H3. The highest BCUT2D eigenvalue weighted by Crippen LogP contribution is 2.39. The molecule has 0 spiro atoms. The number of thioether (sulfide) groups is 1. The molecule has 31 heavy (non-hydrogen) atoms. The molecule has 2 heterocycles. The molecule has 0 aliphatic carbocycles. The topological polar surface area (TPSA) is 70.3 Å². The van der Waals surface area contributed by atoms with Crippen molar-refractivity contribution < 1.29 is 18.3 Å². The van der Waals surface area contributed by atoms with E-state index in [1.54, 1.807) is 26.4 Å². The molecule has 0 radical (unpaired) electrons. The number of benzene rings is 2. The third kappa shape index (κ3) is 4.84. The minimum absolute atomic E-state index is 0.134. The number of nitrogens with zero attached hydrogens (tertiary/aromatic N) is 3. The van der Waals surface area contributed by atoms with E-state index in [0.29, 0.717) is 39.0 Å². The van der Waals surface area contributed by atoms with Crippen molar-refractivity contribution >= 4 is 34.7 Å². The first-order valence-electron chi connectivity index (χ1n) is 9.13. The first kappa shape index (κ1) is 21.6. The number of hydrogen-bond donors (Lipinski definition) is 0. The largest absolute Gasteiger partial charge is 0.493 e. The number of rotatable bonds is 8. The molecule has 0 aliphatic rings. The van der Waals surface area contributed by atoms with Crippen molar-refractivity contribution in [2.75, 3.05) is 14.2 Å². The Balaban J connectivity index is 1.43. The van der Waals surface area contributed by atoms with Gasteiger partial charge in [0.05, 0.1) is 31.9 Å². The van der Waals surface area contributed by atoms with Gasteiger partial charge in [-0.2, -0.15) is 0 Å². The van der Waals surface area contributed by atoms with Gasteiger partial charge < -0.3 is 13.9 Å². The van der Waals surface area contributed by atoms with Crippen LogP contribution in [0.1, 0.15) is 17.1 Å². The first-order chi connectivity index (χ1) is 15.1. The Morgan fingerprint density at radius 2 is 1.97 bits per heavy atom. The summed E-state index contributed by atoms with van der Waals surface area (Å²) in [7, 11) is 3.21. The number of hydrogen-bond acceptors (Lipinski definition) is 8. The van der Waals surface area contributed by atoms with Gasteiger partial charge in [-0.05, 0) is 24.3 Å². The molecular weight excluding hydrogens is 461 g/mol. The SMILES string of the molecule is COc1cccc(-c2nc(CSc3nnc(Cc4c(F)cccc4Cl)o3)cs2)c1OC. The third-order valence-electron chi connectivity index (χ3n) is 4.37. The van der Waals surface area contributed by atoms with Crippen molar-refractivity contribution in [3.63, 3.8) is 0 Å². The second-order valence-electron chi connectivity index (χ2n) is 6.31. The second kappa shape index (κ2) is 9.67. The van der Waals surface area contributed by atoms with E-state index in [2.05, 4.69) is 15.2 Å². The summed E-state index contributed by atoms with van der Waals surface area (Å²) in [5.41, 5.74) is 2.07. The van der Waals surface area contributed by atoms with Gasteiger partial charge in [-0.15, -0.1) is 21.5 Å². The van der Waals surface area contributed by atoms with E-state index in [1.807, 2.05) is 23.6 Å². The Morgan fingerprint density at radius 3 is 2.74 bits per heavy atom. The summed E-state index contributed by atoms with van der Waals surface area (Å²) in [5.74, 6) is 1.74. The fourth-order valence-corrected chi connectivity index (χ4v) is 4.76. The zero-order valence-corrected chi connectivity index (χ0v) is 19.0. The quantitative estimate of drug-likeness (QED) is 0.293. The molecule has 10 heteroatoms. The minimum Gasteiger partial charge on any atom is -0.493 e. The molecule has 160 valence electrons. The smallest absolute Gasteiger partial charge is 0.276 e. The third-order valence-corrected chi connectivity index (χ3v) is 6.50. The Morgan fingerprint density at radius 1 is 1.13 bits per heavy atom. The van der Waals surface area contributed by atoms with Crippen LogP contribution >= 0.6 is 34.7 Å². The molecule has 2 aromatic heterocycles. The molecule has 0 N–H and O–H groups in total. The van der Waals surface area contributed by atoms with Gasteiger partial charge in [-0.3, -0.25) is 0 Å². The Kier molecular flexibility index (Phi) is 6.74. The molecule has 4 rings (SSSR count). The molecule has 4 aromatic rings. The summed E-state index contributed by atoms with van der Waals surface area (Å²) >= 11 is 8.94. The van der Waals surface area contributed by atoms with Gasteiger partial charge in [0.2, 0.25) is 5.89 Å².